The third-order valence-electron chi connectivity index (χ3n) is 3.16. The number of hydrogen-bond acceptors (Lipinski definition) is 3. The van der Waals surface area contributed by atoms with Crippen LogP contribution >= 0.6 is 0 Å². The number of hydrogen-bond donors (Lipinski definition) is 1. The van der Waals surface area contributed by atoms with E-state index in [1.807, 2.05) is 0 Å². The van der Waals surface area contributed by atoms with Crippen molar-refractivity contribution in [2.45, 2.75) is 51.4 Å². The molecule has 100 valence electrons. The van der Waals surface area contributed by atoms with Crippen LogP contribution in [0.4, 0.5) is 0 Å². The molecular weight excluding hydrogens is 250 g/mol. The molecule has 0 aromatic rings. The summed E-state index contributed by atoms with van der Waals surface area (Å²) in [5.41, 5.74) is 0. The molecule has 4 nitrogen and oxygen atoms in total. The summed E-state index contributed by atoms with van der Waals surface area (Å²) in [4.78, 5) is 10.8. The number of carbonyl (C=O) groups is 1. The highest BCUT2D eigenvalue weighted by Crippen LogP contribution is 2.25. The van der Waals surface area contributed by atoms with E-state index in [4.69, 9.17) is 8.54 Å². The molecule has 1 aliphatic heterocycles. The standard InChI is InChI=1S/C11H25NO3Si2/c1-11(13)12-7-6-10-17(3)9-5-4-8-14-16(2)15-17/h16H,4-10H2,1-3H3,(H,12,13). The summed E-state index contributed by atoms with van der Waals surface area (Å²) in [5, 5.41) is 2.85. The van der Waals surface area contributed by atoms with Gasteiger partial charge in [-0.15, -0.1) is 0 Å². The maximum absolute atomic E-state index is 10.8. The first kappa shape index (κ1) is 14.9. The maximum Gasteiger partial charge on any atom is 0.307 e. The molecule has 2 atom stereocenters. The fourth-order valence-electron chi connectivity index (χ4n) is 2.25. The van der Waals surface area contributed by atoms with E-state index in [9.17, 15) is 4.79 Å². The Morgan fingerprint density at radius 2 is 2.24 bits per heavy atom. The molecule has 6 heteroatoms. The predicted octanol–water partition coefficient (Wildman–Crippen LogP) is 1.77. The topological polar surface area (TPSA) is 47.6 Å². The van der Waals surface area contributed by atoms with E-state index in [-0.39, 0.29) is 5.91 Å². The van der Waals surface area contributed by atoms with Gasteiger partial charge < -0.3 is 13.9 Å². The van der Waals surface area contributed by atoms with Gasteiger partial charge in [0.25, 0.3) is 0 Å². The first-order valence-corrected chi connectivity index (χ1v) is 11.5. The monoisotopic (exact) mass is 275 g/mol. The molecule has 0 aliphatic carbocycles. The Bertz CT molecular complexity index is 253. The Balaban J connectivity index is 2.32. The van der Waals surface area contributed by atoms with E-state index in [2.05, 4.69) is 18.4 Å². The van der Waals surface area contributed by atoms with Crippen molar-refractivity contribution in [2.75, 3.05) is 13.2 Å². The number of rotatable bonds is 4. The van der Waals surface area contributed by atoms with Crippen LogP contribution in [-0.2, 0) is 13.3 Å². The summed E-state index contributed by atoms with van der Waals surface area (Å²) >= 11 is 0. The number of carbonyl (C=O) groups excluding carboxylic acids is 1. The molecule has 0 spiro atoms. The van der Waals surface area contributed by atoms with Crippen molar-refractivity contribution in [3.8, 4) is 0 Å². The predicted molar refractivity (Wildman–Crippen MR) is 73.8 cm³/mol. The average Bonchev–Trinajstić information content (AvgIpc) is 2.21. The van der Waals surface area contributed by atoms with Crippen molar-refractivity contribution in [3.63, 3.8) is 0 Å². The first-order chi connectivity index (χ1) is 8.02. The fourth-order valence-corrected chi connectivity index (χ4v) is 9.35. The molecule has 1 fully saturated rings. The maximum atomic E-state index is 10.8. The third kappa shape index (κ3) is 6.35. The van der Waals surface area contributed by atoms with E-state index >= 15 is 0 Å². The van der Waals surface area contributed by atoms with Crippen LogP contribution in [0.3, 0.4) is 0 Å². The van der Waals surface area contributed by atoms with E-state index in [0.717, 1.165) is 25.6 Å². The van der Waals surface area contributed by atoms with Crippen molar-refractivity contribution in [2.24, 2.45) is 0 Å². The molecule has 0 aromatic carbocycles. The molecule has 2 unspecified atom stereocenters. The summed E-state index contributed by atoms with van der Waals surface area (Å²) in [6.45, 7) is 7.67. The Morgan fingerprint density at radius 3 is 2.94 bits per heavy atom. The van der Waals surface area contributed by atoms with Gasteiger partial charge >= 0.3 is 9.28 Å². The molecule has 1 heterocycles. The van der Waals surface area contributed by atoms with E-state index in [1.54, 1.807) is 6.92 Å². The lowest BCUT2D eigenvalue weighted by molar-refractivity contribution is -0.118. The van der Waals surface area contributed by atoms with Gasteiger partial charge in [-0.2, -0.15) is 0 Å². The quantitative estimate of drug-likeness (QED) is 0.628. The first-order valence-electron chi connectivity index (χ1n) is 6.56. The zero-order chi connectivity index (χ0) is 12.7. The van der Waals surface area contributed by atoms with Crippen molar-refractivity contribution in [1.29, 1.82) is 0 Å². The minimum absolute atomic E-state index is 0.0569. The minimum atomic E-state index is -1.57. The second-order valence-corrected chi connectivity index (χ2v) is 11.4. The van der Waals surface area contributed by atoms with Crippen molar-refractivity contribution in [3.05, 3.63) is 0 Å². The zero-order valence-electron chi connectivity index (χ0n) is 11.3. The molecule has 1 aliphatic rings. The van der Waals surface area contributed by atoms with Crippen LogP contribution < -0.4 is 5.32 Å². The van der Waals surface area contributed by atoms with Crippen LogP contribution in [0.5, 0.6) is 0 Å². The zero-order valence-corrected chi connectivity index (χ0v) is 13.4. The Labute approximate surface area is 107 Å². The van der Waals surface area contributed by atoms with E-state index in [1.165, 1.54) is 18.9 Å². The molecule has 1 rings (SSSR count). The molecular formula is C11H25NO3Si2. The lowest BCUT2D eigenvalue weighted by Crippen LogP contribution is -2.42. The van der Waals surface area contributed by atoms with Crippen LogP contribution in [0.2, 0.25) is 25.2 Å². The van der Waals surface area contributed by atoms with Gasteiger partial charge in [0.15, 0.2) is 8.32 Å². The van der Waals surface area contributed by atoms with Gasteiger partial charge in [-0.3, -0.25) is 4.79 Å². The summed E-state index contributed by atoms with van der Waals surface area (Å²) in [5.74, 6) is 0.0569. The van der Waals surface area contributed by atoms with Gasteiger partial charge in [-0.05, 0) is 38.0 Å². The number of amides is 1. The molecule has 0 radical (unpaired) electrons. The van der Waals surface area contributed by atoms with Gasteiger partial charge in [0.05, 0.1) is 0 Å². The van der Waals surface area contributed by atoms with Crippen LogP contribution in [0.15, 0.2) is 0 Å². The Kier molecular flexibility index (Phi) is 6.39. The SMILES string of the molecule is CC(=O)NCCC[Si]1(C)CCCCO[SiH](C)O1. The molecule has 1 N–H and O–H groups in total. The fraction of sp³-hybridized carbons (Fsp3) is 0.909. The lowest BCUT2D eigenvalue weighted by Gasteiger charge is -2.33. The second-order valence-electron chi connectivity index (χ2n) is 5.05. The molecule has 0 saturated carbocycles. The summed E-state index contributed by atoms with van der Waals surface area (Å²) in [6, 6.07) is 2.38. The Hall–Kier alpha value is -0.176. The summed E-state index contributed by atoms with van der Waals surface area (Å²) < 4.78 is 11.9. The van der Waals surface area contributed by atoms with Crippen molar-refractivity contribution in [1.82, 2.24) is 5.32 Å². The highest BCUT2D eigenvalue weighted by atomic mass is 28.4. The van der Waals surface area contributed by atoms with Crippen LogP contribution in [0.1, 0.15) is 26.2 Å². The van der Waals surface area contributed by atoms with Gasteiger partial charge in [0.2, 0.25) is 5.91 Å². The second kappa shape index (κ2) is 7.30. The normalized spacial score (nSPS) is 30.4. The largest absolute Gasteiger partial charge is 0.438 e. The van der Waals surface area contributed by atoms with Gasteiger partial charge in [-0.1, -0.05) is 6.42 Å². The highest BCUT2D eigenvalue weighted by Gasteiger charge is 2.31. The van der Waals surface area contributed by atoms with Gasteiger partial charge in [0.1, 0.15) is 0 Å². The highest BCUT2D eigenvalue weighted by molar-refractivity contribution is 6.78. The van der Waals surface area contributed by atoms with Crippen molar-refractivity contribution >= 4 is 23.5 Å². The molecule has 1 saturated heterocycles. The lowest BCUT2D eigenvalue weighted by atomic mass is 10.4. The molecule has 0 bridgehead atoms. The van der Waals surface area contributed by atoms with Gasteiger partial charge in [0, 0.05) is 20.1 Å². The smallest absolute Gasteiger partial charge is 0.307 e. The van der Waals surface area contributed by atoms with E-state index in [0.29, 0.717) is 0 Å². The van der Waals surface area contributed by atoms with Crippen LogP contribution in [0.25, 0.3) is 0 Å². The third-order valence-corrected chi connectivity index (χ3v) is 10.3. The van der Waals surface area contributed by atoms with Gasteiger partial charge in [-0.25, -0.2) is 0 Å². The summed E-state index contributed by atoms with van der Waals surface area (Å²) in [6.07, 6.45) is 3.43. The van der Waals surface area contributed by atoms with E-state index < -0.39 is 17.6 Å². The summed E-state index contributed by atoms with van der Waals surface area (Å²) in [7, 11) is -2.96. The molecule has 1 amide bonds. The minimum Gasteiger partial charge on any atom is -0.438 e. The molecule has 17 heavy (non-hydrogen) atoms. The number of nitrogens with one attached hydrogen (secondary N) is 1. The Morgan fingerprint density at radius 1 is 1.47 bits per heavy atom. The van der Waals surface area contributed by atoms with Crippen LogP contribution in [0, 0.1) is 0 Å². The molecule has 0 aromatic heterocycles. The van der Waals surface area contributed by atoms with Crippen molar-refractivity contribution < 1.29 is 13.3 Å². The van der Waals surface area contributed by atoms with Crippen LogP contribution in [-0.4, -0.2) is 36.7 Å². The average molecular weight is 275 g/mol.